The van der Waals surface area contributed by atoms with Crippen LogP contribution in [-0.2, 0) is 4.79 Å². The number of rotatable bonds is 5. The van der Waals surface area contributed by atoms with E-state index in [2.05, 4.69) is 15.5 Å². The summed E-state index contributed by atoms with van der Waals surface area (Å²) in [5, 5.41) is 14.5. The van der Waals surface area contributed by atoms with Gasteiger partial charge in [0.2, 0.25) is 5.91 Å². The van der Waals surface area contributed by atoms with Crippen LogP contribution < -0.4 is 5.32 Å². The van der Waals surface area contributed by atoms with Gasteiger partial charge >= 0.3 is 0 Å². The molecule has 122 valence electrons. The number of anilines is 1. The van der Waals surface area contributed by atoms with E-state index in [-0.39, 0.29) is 11.7 Å². The predicted octanol–water partition coefficient (Wildman–Crippen LogP) is 4.90. The second kappa shape index (κ2) is 7.79. The molecule has 1 aromatic carbocycles. The minimum atomic E-state index is -0.107. The normalized spacial score (nSPS) is 10.6. The van der Waals surface area contributed by atoms with Crippen molar-refractivity contribution in [3.05, 3.63) is 58.4 Å². The summed E-state index contributed by atoms with van der Waals surface area (Å²) in [6.45, 7) is 1.92. The third-order valence-electron chi connectivity index (χ3n) is 3.22. The SMILES string of the molecule is Cc1ccc(NC(=O)CSc2ccc(-c3cccs3)nn2)cc1Cl. The van der Waals surface area contributed by atoms with Crippen molar-refractivity contribution in [3.63, 3.8) is 0 Å². The molecule has 0 bridgehead atoms. The van der Waals surface area contributed by atoms with E-state index in [1.165, 1.54) is 11.8 Å². The highest BCUT2D eigenvalue weighted by molar-refractivity contribution is 7.99. The zero-order chi connectivity index (χ0) is 16.9. The highest BCUT2D eigenvalue weighted by Crippen LogP contribution is 2.24. The van der Waals surface area contributed by atoms with Gasteiger partial charge in [-0.3, -0.25) is 4.79 Å². The van der Waals surface area contributed by atoms with Gasteiger partial charge in [0.25, 0.3) is 0 Å². The second-order valence-corrected chi connectivity index (χ2v) is 7.39. The Morgan fingerprint density at radius 2 is 2.12 bits per heavy atom. The number of thioether (sulfide) groups is 1. The average Bonchev–Trinajstić information content (AvgIpc) is 3.11. The average molecular weight is 376 g/mol. The Labute approximate surface area is 153 Å². The molecule has 0 spiro atoms. The van der Waals surface area contributed by atoms with Crippen molar-refractivity contribution in [1.29, 1.82) is 0 Å². The number of nitrogens with zero attached hydrogens (tertiary/aromatic N) is 2. The van der Waals surface area contributed by atoms with Crippen LogP contribution in [-0.4, -0.2) is 21.9 Å². The maximum Gasteiger partial charge on any atom is 0.234 e. The van der Waals surface area contributed by atoms with Crippen LogP contribution in [0.5, 0.6) is 0 Å². The second-order valence-electron chi connectivity index (χ2n) is 5.03. The van der Waals surface area contributed by atoms with Gasteiger partial charge in [-0.1, -0.05) is 35.5 Å². The first-order chi connectivity index (χ1) is 11.6. The van der Waals surface area contributed by atoms with Crippen molar-refractivity contribution in [2.45, 2.75) is 11.9 Å². The van der Waals surface area contributed by atoms with E-state index in [0.29, 0.717) is 15.7 Å². The standard InChI is InChI=1S/C17H14ClN3OS2/c1-11-4-5-12(9-13(11)18)19-16(22)10-24-17-7-6-14(20-21-17)15-3-2-8-23-15/h2-9H,10H2,1H3,(H,19,22). The number of hydrogen-bond donors (Lipinski definition) is 1. The number of nitrogens with one attached hydrogen (secondary N) is 1. The largest absolute Gasteiger partial charge is 0.325 e. The molecule has 0 atom stereocenters. The number of thiophene rings is 1. The number of benzene rings is 1. The van der Waals surface area contributed by atoms with E-state index in [4.69, 9.17) is 11.6 Å². The predicted molar refractivity (Wildman–Crippen MR) is 101 cm³/mol. The molecule has 0 fully saturated rings. The van der Waals surface area contributed by atoms with Crippen molar-refractivity contribution in [3.8, 4) is 10.6 Å². The number of aromatic nitrogens is 2. The highest BCUT2D eigenvalue weighted by atomic mass is 35.5. The molecule has 1 amide bonds. The Bertz CT molecular complexity index is 836. The van der Waals surface area contributed by atoms with Gasteiger partial charge in [0.1, 0.15) is 10.7 Å². The van der Waals surface area contributed by atoms with Crippen LogP contribution in [0.15, 0.2) is 52.9 Å². The molecule has 0 aliphatic carbocycles. The Balaban J connectivity index is 1.55. The molecule has 2 aromatic heterocycles. The first-order valence-corrected chi connectivity index (χ1v) is 9.42. The molecule has 0 aliphatic rings. The van der Waals surface area contributed by atoms with E-state index in [0.717, 1.165) is 16.1 Å². The summed E-state index contributed by atoms with van der Waals surface area (Å²) >= 11 is 9.02. The van der Waals surface area contributed by atoms with E-state index in [1.54, 1.807) is 17.4 Å². The third kappa shape index (κ3) is 4.35. The molecule has 3 rings (SSSR count). The van der Waals surface area contributed by atoms with E-state index < -0.39 is 0 Å². The minimum Gasteiger partial charge on any atom is -0.325 e. The molecule has 2 heterocycles. The summed E-state index contributed by atoms with van der Waals surface area (Å²) in [6.07, 6.45) is 0. The fraction of sp³-hybridized carbons (Fsp3) is 0.118. The van der Waals surface area contributed by atoms with Gasteiger partial charge in [-0.15, -0.1) is 21.5 Å². The summed E-state index contributed by atoms with van der Waals surface area (Å²) < 4.78 is 0. The summed E-state index contributed by atoms with van der Waals surface area (Å²) in [5.41, 5.74) is 2.51. The number of aryl methyl sites for hydroxylation is 1. The lowest BCUT2D eigenvalue weighted by molar-refractivity contribution is -0.113. The fourth-order valence-corrected chi connectivity index (χ4v) is 3.44. The van der Waals surface area contributed by atoms with Crippen LogP contribution in [0.1, 0.15) is 5.56 Å². The summed E-state index contributed by atoms with van der Waals surface area (Å²) in [6, 6.07) is 13.2. The van der Waals surface area contributed by atoms with E-state index >= 15 is 0 Å². The summed E-state index contributed by atoms with van der Waals surface area (Å²) in [4.78, 5) is 13.1. The molecule has 1 N–H and O–H groups in total. The van der Waals surface area contributed by atoms with Crippen molar-refractivity contribution in [2.75, 3.05) is 11.1 Å². The monoisotopic (exact) mass is 375 g/mol. The molecule has 7 heteroatoms. The van der Waals surface area contributed by atoms with E-state index in [1.807, 2.05) is 48.7 Å². The Morgan fingerprint density at radius 1 is 1.25 bits per heavy atom. The number of hydrogen-bond acceptors (Lipinski definition) is 5. The number of carbonyl (C=O) groups is 1. The fourth-order valence-electron chi connectivity index (χ4n) is 1.96. The van der Waals surface area contributed by atoms with Gasteiger partial charge in [-0.25, -0.2) is 0 Å². The molecule has 0 unspecified atom stereocenters. The molecule has 4 nitrogen and oxygen atoms in total. The lowest BCUT2D eigenvalue weighted by Crippen LogP contribution is -2.14. The first-order valence-electron chi connectivity index (χ1n) is 7.18. The zero-order valence-electron chi connectivity index (χ0n) is 12.8. The van der Waals surface area contributed by atoms with Crippen molar-refractivity contribution in [2.24, 2.45) is 0 Å². The molecule has 0 aliphatic heterocycles. The lowest BCUT2D eigenvalue weighted by Gasteiger charge is -2.06. The molecule has 0 saturated carbocycles. The molecule has 0 saturated heterocycles. The number of amides is 1. The smallest absolute Gasteiger partial charge is 0.234 e. The van der Waals surface area contributed by atoms with Gasteiger partial charge in [0.15, 0.2) is 0 Å². The van der Waals surface area contributed by atoms with Gasteiger partial charge in [-0.2, -0.15) is 0 Å². The Kier molecular flexibility index (Phi) is 5.50. The Hall–Kier alpha value is -1.89. The molecule has 3 aromatic rings. The highest BCUT2D eigenvalue weighted by Gasteiger charge is 2.07. The molecule has 0 radical (unpaired) electrons. The maximum atomic E-state index is 12.0. The first kappa shape index (κ1) is 17.0. The summed E-state index contributed by atoms with van der Waals surface area (Å²) in [7, 11) is 0. The summed E-state index contributed by atoms with van der Waals surface area (Å²) in [5.74, 6) is 0.155. The maximum absolute atomic E-state index is 12.0. The molecular formula is C17H14ClN3OS2. The van der Waals surface area contributed by atoms with Gasteiger partial charge in [-0.05, 0) is 48.2 Å². The quantitative estimate of drug-likeness (QED) is 0.644. The van der Waals surface area contributed by atoms with Crippen LogP contribution in [0, 0.1) is 6.92 Å². The lowest BCUT2D eigenvalue weighted by atomic mass is 10.2. The van der Waals surface area contributed by atoms with E-state index in [9.17, 15) is 4.79 Å². The van der Waals surface area contributed by atoms with Gasteiger partial charge in [0.05, 0.1) is 10.6 Å². The number of halogens is 1. The van der Waals surface area contributed by atoms with Gasteiger partial charge in [0, 0.05) is 10.7 Å². The molecular weight excluding hydrogens is 362 g/mol. The minimum absolute atomic E-state index is 0.107. The van der Waals surface area contributed by atoms with Crippen LogP contribution in [0.25, 0.3) is 10.6 Å². The van der Waals surface area contributed by atoms with Gasteiger partial charge < -0.3 is 5.32 Å². The topological polar surface area (TPSA) is 54.9 Å². The van der Waals surface area contributed by atoms with Crippen LogP contribution in [0.4, 0.5) is 5.69 Å². The third-order valence-corrected chi connectivity index (χ3v) is 5.44. The zero-order valence-corrected chi connectivity index (χ0v) is 15.2. The van der Waals surface area contributed by atoms with Crippen LogP contribution in [0.2, 0.25) is 5.02 Å². The van der Waals surface area contributed by atoms with Crippen LogP contribution >= 0.6 is 34.7 Å². The van der Waals surface area contributed by atoms with Crippen LogP contribution in [0.3, 0.4) is 0 Å². The van der Waals surface area contributed by atoms with Crippen molar-refractivity contribution < 1.29 is 4.79 Å². The number of carbonyl (C=O) groups excluding carboxylic acids is 1. The molecule has 24 heavy (non-hydrogen) atoms. The van der Waals surface area contributed by atoms with Crippen molar-refractivity contribution >= 4 is 46.3 Å². The van der Waals surface area contributed by atoms with Crippen molar-refractivity contribution in [1.82, 2.24) is 10.2 Å². The Morgan fingerprint density at radius 3 is 2.79 bits per heavy atom.